The summed E-state index contributed by atoms with van der Waals surface area (Å²) in [7, 11) is 1.98. The van der Waals surface area contributed by atoms with Gasteiger partial charge in [-0.2, -0.15) is 0 Å². The van der Waals surface area contributed by atoms with Gasteiger partial charge in [0.25, 0.3) is 0 Å². The number of unbranched alkanes of at least 4 members (excludes halogenated alkanes) is 1. The molecule has 0 spiro atoms. The molecule has 0 bridgehead atoms. The van der Waals surface area contributed by atoms with Crippen LogP contribution in [0.25, 0.3) is 0 Å². The predicted molar refractivity (Wildman–Crippen MR) is 66.4 cm³/mol. The Bertz CT molecular complexity index is 264. The SMILES string of the molecule is CCCCOCCC(NC)c1cccnc1. The highest BCUT2D eigenvalue weighted by molar-refractivity contribution is 5.13. The Labute approximate surface area is 98.2 Å². The maximum Gasteiger partial charge on any atom is 0.0484 e. The number of nitrogens with one attached hydrogen (secondary N) is 1. The van der Waals surface area contributed by atoms with Gasteiger partial charge in [0.1, 0.15) is 0 Å². The summed E-state index contributed by atoms with van der Waals surface area (Å²) < 4.78 is 5.57. The smallest absolute Gasteiger partial charge is 0.0484 e. The third kappa shape index (κ3) is 4.73. The third-order valence-corrected chi connectivity index (χ3v) is 2.63. The molecular formula is C13H22N2O. The van der Waals surface area contributed by atoms with Gasteiger partial charge in [-0.3, -0.25) is 4.98 Å². The standard InChI is InChI=1S/C13H22N2O/c1-3-4-9-16-10-7-13(14-2)12-6-5-8-15-11-12/h5-6,8,11,13-14H,3-4,7,9-10H2,1-2H3. The van der Waals surface area contributed by atoms with Gasteiger partial charge >= 0.3 is 0 Å². The molecule has 0 fully saturated rings. The monoisotopic (exact) mass is 222 g/mol. The zero-order valence-electron chi connectivity index (χ0n) is 10.3. The molecule has 1 aromatic heterocycles. The van der Waals surface area contributed by atoms with E-state index in [1.54, 1.807) is 6.20 Å². The van der Waals surface area contributed by atoms with E-state index in [2.05, 4.69) is 23.3 Å². The zero-order chi connectivity index (χ0) is 11.6. The summed E-state index contributed by atoms with van der Waals surface area (Å²) >= 11 is 0. The highest BCUT2D eigenvalue weighted by Crippen LogP contribution is 2.14. The molecule has 0 aliphatic rings. The van der Waals surface area contributed by atoms with Crippen molar-refractivity contribution < 1.29 is 4.74 Å². The Balaban J connectivity index is 2.27. The molecule has 0 aliphatic heterocycles. The number of hydrogen-bond acceptors (Lipinski definition) is 3. The molecule has 3 nitrogen and oxygen atoms in total. The van der Waals surface area contributed by atoms with Crippen molar-refractivity contribution in [3.05, 3.63) is 30.1 Å². The Kier molecular flexibility index (Phi) is 6.77. The third-order valence-electron chi connectivity index (χ3n) is 2.63. The molecule has 16 heavy (non-hydrogen) atoms. The molecule has 0 radical (unpaired) electrons. The second-order valence-electron chi connectivity index (χ2n) is 3.88. The quantitative estimate of drug-likeness (QED) is 0.686. The molecule has 0 aromatic carbocycles. The topological polar surface area (TPSA) is 34.1 Å². The van der Waals surface area contributed by atoms with E-state index in [-0.39, 0.29) is 0 Å². The van der Waals surface area contributed by atoms with Crippen LogP contribution in [0, 0.1) is 0 Å². The lowest BCUT2D eigenvalue weighted by Gasteiger charge is -2.16. The number of aromatic nitrogens is 1. The Morgan fingerprint density at radius 2 is 2.31 bits per heavy atom. The predicted octanol–water partition coefficient (Wildman–Crippen LogP) is 2.55. The summed E-state index contributed by atoms with van der Waals surface area (Å²) in [5, 5.41) is 3.29. The van der Waals surface area contributed by atoms with Gasteiger partial charge < -0.3 is 10.1 Å². The molecule has 1 atom stereocenters. The minimum Gasteiger partial charge on any atom is -0.381 e. The molecule has 1 aromatic rings. The molecule has 3 heteroatoms. The number of hydrogen-bond donors (Lipinski definition) is 1. The highest BCUT2D eigenvalue weighted by atomic mass is 16.5. The minimum atomic E-state index is 0.343. The summed E-state index contributed by atoms with van der Waals surface area (Å²) in [5.41, 5.74) is 1.23. The highest BCUT2D eigenvalue weighted by Gasteiger charge is 2.08. The number of nitrogens with zero attached hydrogens (tertiary/aromatic N) is 1. The van der Waals surface area contributed by atoms with Crippen molar-refractivity contribution in [1.29, 1.82) is 0 Å². The first-order chi connectivity index (χ1) is 7.88. The van der Waals surface area contributed by atoms with Crippen molar-refractivity contribution >= 4 is 0 Å². The molecule has 1 rings (SSSR count). The maximum absolute atomic E-state index is 5.57. The van der Waals surface area contributed by atoms with Gasteiger partial charge in [0.2, 0.25) is 0 Å². The van der Waals surface area contributed by atoms with Crippen molar-refractivity contribution in [1.82, 2.24) is 10.3 Å². The normalized spacial score (nSPS) is 12.6. The lowest BCUT2D eigenvalue weighted by Crippen LogP contribution is -2.18. The van der Waals surface area contributed by atoms with Gasteiger partial charge in [-0.1, -0.05) is 19.4 Å². The van der Waals surface area contributed by atoms with E-state index in [4.69, 9.17) is 4.74 Å². The van der Waals surface area contributed by atoms with Crippen molar-refractivity contribution in [3.8, 4) is 0 Å². The molecule has 90 valence electrons. The van der Waals surface area contributed by atoms with Crippen LogP contribution in [0.3, 0.4) is 0 Å². The minimum absolute atomic E-state index is 0.343. The van der Waals surface area contributed by atoms with E-state index in [0.717, 1.165) is 26.1 Å². The van der Waals surface area contributed by atoms with Gasteiger partial charge in [-0.05, 0) is 31.5 Å². The van der Waals surface area contributed by atoms with Crippen LogP contribution in [0.1, 0.15) is 37.8 Å². The summed E-state index contributed by atoms with van der Waals surface area (Å²) in [4.78, 5) is 4.13. The van der Waals surface area contributed by atoms with Gasteiger partial charge in [-0.15, -0.1) is 0 Å². The van der Waals surface area contributed by atoms with Crippen molar-refractivity contribution in [2.24, 2.45) is 0 Å². The van der Waals surface area contributed by atoms with E-state index in [9.17, 15) is 0 Å². The van der Waals surface area contributed by atoms with Crippen molar-refractivity contribution in [3.63, 3.8) is 0 Å². The number of ether oxygens (including phenoxy) is 1. The van der Waals surface area contributed by atoms with Crippen molar-refractivity contribution in [2.75, 3.05) is 20.3 Å². The lowest BCUT2D eigenvalue weighted by molar-refractivity contribution is 0.122. The molecule has 0 saturated carbocycles. The number of rotatable bonds is 8. The summed E-state index contributed by atoms with van der Waals surface area (Å²) in [6, 6.07) is 4.41. The first kappa shape index (κ1) is 13.1. The average Bonchev–Trinajstić information content (AvgIpc) is 2.35. The second kappa shape index (κ2) is 8.25. The Hall–Kier alpha value is -0.930. The fraction of sp³-hybridized carbons (Fsp3) is 0.615. The van der Waals surface area contributed by atoms with Crippen molar-refractivity contribution in [2.45, 2.75) is 32.2 Å². The molecule has 1 heterocycles. The van der Waals surface area contributed by atoms with Crippen LogP contribution < -0.4 is 5.32 Å². The van der Waals surface area contributed by atoms with Crippen LogP contribution in [-0.4, -0.2) is 25.2 Å². The second-order valence-corrected chi connectivity index (χ2v) is 3.88. The van der Waals surface area contributed by atoms with Crippen LogP contribution in [0.5, 0.6) is 0 Å². The average molecular weight is 222 g/mol. The molecule has 0 saturated heterocycles. The number of pyridine rings is 1. The fourth-order valence-corrected chi connectivity index (χ4v) is 1.61. The lowest BCUT2D eigenvalue weighted by atomic mass is 10.1. The van der Waals surface area contributed by atoms with Crippen LogP contribution in [0.4, 0.5) is 0 Å². The fourth-order valence-electron chi connectivity index (χ4n) is 1.61. The van der Waals surface area contributed by atoms with E-state index in [1.165, 1.54) is 12.0 Å². The Morgan fingerprint density at radius 3 is 2.94 bits per heavy atom. The van der Waals surface area contributed by atoms with Crippen LogP contribution in [0.2, 0.25) is 0 Å². The largest absolute Gasteiger partial charge is 0.381 e. The van der Waals surface area contributed by atoms with E-state index >= 15 is 0 Å². The van der Waals surface area contributed by atoms with Crippen LogP contribution >= 0.6 is 0 Å². The Morgan fingerprint density at radius 1 is 1.44 bits per heavy atom. The van der Waals surface area contributed by atoms with Gasteiger partial charge in [0.05, 0.1) is 0 Å². The molecule has 0 amide bonds. The van der Waals surface area contributed by atoms with Gasteiger partial charge in [0, 0.05) is 31.6 Å². The first-order valence-corrected chi connectivity index (χ1v) is 6.03. The van der Waals surface area contributed by atoms with E-state index < -0.39 is 0 Å². The first-order valence-electron chi connectivity index (χ1n) is 6.03. The molecule has 1 N–H and O–H groups in total. The van der Waals surface area contributed by atoms with Crippen LogP contribution in [0.15, 0.2) is 24.5 Å². The summed E-state index contributed by atoms with van der Waals surface area (Å²) in [6.07, 6.45) is 7.04. The van der Waals surface area contributed by atoms with Crippen LogP contribution in [-0.2, 0) is 4.74 Å². The van der Waals surface area contributed by atoms with Gasteiger partial charge in [-0.25, -0.2) is 0 Å². The molecule has 0 aliphatic carbocycles. The molecular weight excluding hydrogens is 200 g/mol. The summed E-state index contributed by atoms with van der Waals surface area (Å²) in [5.74, 6) is 0. The van der Waals surface area contributed by atoms with Gasteiger partial charge in [0.15, 0.2) is 0 Å². The molecule has 1 unspecified atom stereocenters. The maximum atomic E-state index is 5.57. The van der Waals surface area contributed by atoms with E-state index in [0.29, 0.717) is 6.04 Å². The van der Waals surface area contributed by atoms with E-state index in [1.807, 2.05) is 19.3 Å². The zero-order valence-corrected chi connectivity index (χ0v) is 10.3. The summed E-state index contributed by atoms with van der Waals surface area (Å²) in [6.45, 7) is 3.86.